The fourth-order valence-electron chi connectivity index (χ4n) is 3.50. The number of nitrogens with one attached hydrogen (secondary N) is 2. The van der Waals surface area contributed by atoms with Crippen LogP contribution in [0.5, 0.6) is 0 Å². The molecule has 1 aliphatic heterocycles. The molecule has 10 heteroatoms. The Hall–Kier alpha value is -2.65. The van der Waals surface area contributed by atoms with Gasteiger partial charge in [0, 0.05) is 25.9 Å². The Morgan fingerprint density at radius 3 is 2.80 bits per heavy atom. The van der Waals surface area contributed by atoms with E-state index in [2.05, 4.69) is 20.0 Å². The topological polar surface area (TPSA) is 96.6 Å². The number of esters is 1. The summed E-state index contributed by atoms with van der Waals surface area (Å²) in [5, 5.41) is 3.23. The molecule has 1 fully saturated rings. The summed E-state index contributed by atoms with van der Waals surface area (Å²) < 4.78 is 24.2. The van der Waals surface area contributed by atoms with Crippen molar-refractivity contribution in [3.63, 3.8) is 0 Å². The van der Waals surface area contributed by atoms with Crippen molar-refractivity contribution in [2.75, 3.05) is 32.2 Å². The van der Waals surface area contributed by atoms with Crippen molar-refractivity contribution in [3.05, 3.63) is 46.3 Å². The number of piperidine rings is 1. The van der Waals surface area contributed by atoms with Gasteiger partial charge in [-0.3, -0.25) is 4.79 Å². The average Bonchev–Trinajstić information content (AvgIpc) is 3.14. The van der Waals surface area contributed by atoms with Crippen molar-refractivity contribution in [1.29, 1.82) is 0 Å². The van der Waals surface area contributed by atoms with E-state index >= 15 is 0 Å². The molecular formula is C20H24ClFN4O4. The van der Waals surface area contributed by atoms with Crippen molar-refractivity contribution >= 4 is 29.2 Å². The lowest BCUT2D eigenvalue weighted by Gasteiger charge is -2.39. The summed E-state index contributed by atoms with van der Waals surface area (Å²) in [6.45, 7) is 2.95. The van der Waals surface area contributed by atoms with E-state index in [1.54, 1.807) is 13.2 Å². The van der Waals surface area contributed by atoms with Crippen LogP contribution in [0.4, 0.5) is 10.1 Å². The standard InChI is InChI=1S/C20H24ClFN4O4/c1-4-14-17(21)25-18(23-14)19(27)24-15-7-8-26(10-16(15)29-2)11-5-6-13(22)12(9-11)20(28)30-3/h5-6,9,15-16H,4,7-8,10H2,1-3H3,(H,23,25)(H,24,27)/t15-,16+/m1/s1. The van der Waals surface area contributed by atoms with Crippen molar-refractivity contribution in [1.82, 2.24) is 15.3 Å². The number of H-pyrrole nitrogens is 1. The second-order valence-corrected chi connectivity index (χ2v) is 7.31. The molecule has 2 heterocycles. The first-order valence-electron chi connectivity index (χ1n) is 9.58. The highest BCUT2D eigenvalue weighted by molar-refractivity contribution is 6.30. The third-order valence-corrected chi connectivity index (χ3v) is 5.51. The first-order valence-corrected chi connectivity index (χ1v) is 9.96. The van der Waals surface area contributed by atoms with E-state index in [0.717, 1.165) is 0 Å². The van der Waals surface area contributed by atoms with Crippen LogP contribution in [-0.4, -0.2) is 61.3 Å². The van der Waals surface area contributed by atoms with E-state index in [1.165, 1.54) is 19.2 Å². The summed E-state index contributed by atoms with van der Waals surface area (Å²) >= 11 is 6.02. The molecule has 0 radical (unpaired) electrons. The van der Waals surface area contributed by atoms with Gasteiger partial charge in [-0.25, -0.2) is 14.2 Å². The summed E-state index contributed by atoms with van der Waals surface area (Å²) in [5.41, 5.74) is 1.26. The third-order valence-electron chi connectivity index (χ3n) is 5.20. The molecule has 2 atom stereocenters. The largest absolute Gasteiger partial charge is 0.465 e. The van der Waals surface area contributed by atoms with Crippen molar-refractivity contribution in [2.24, 2.45) is 0 Å². The Kier molecular flexibility index (Phi) is 6.94. The number of aromatic nitrogens is 2. The number of aromatic amines is 1. The van der Waals surface area contributed by atoms with Crippen LogP contribution in [0, 0.1) is 5.82 Å². The van der Waals surface area contributed by atoms with Crippen molar-refractivity contribution in [3.8, 4) is 0 Å². The highest BCUT2D eigenvalue weighted by Crippen LogP contribution is 2.25. The number of halogens is 2. The highest BCUT2D eigenvalue weighted by Gasteiger charge is 2.32. The number of ether oxygens (including phenoxy) is 2. The number of imidazole rings is 1. The first-order chi connectivity index (χ1) is 14.4. The number of anilines is 1. The van der Waals surface area contributed by atoms with Crippen LogP contribution in [0.2, 0.25) is 5.15 Å². The number of aryl methyl sites for hydroxylation is 1. The maximum Gasteiger partial charge on any atom is 0.340 e. The maximum atomic E-state index is 13.9. The minimum Gasteiger partial charge on any atom is -0.465 e. The lowest BCUT2D eigenvalue weighted by molar-refractivity contribution is 0.0537. The number of benzene rings is 1. The van der Waals surface area contributed by atoms with Gasteiger partial charge in [0.2, 0.25) is 0 Å². The monoisotopic (exact) mass is 438 g/mol. The molecular weight excluding hydrogens is 415 g/mol. The molecule has 0 spiro atoms. The number of methoxy groups -OCH3 is 2. The van der Waals surface area contributed by atoms with Gasteiger partial charge >= 0.3 is 5.97 Å². The molecule has 0 bridgehead atoms. The van der Waals surface area contributed by atoms with Gasteiger partial charge in [-0.15, -0.1) is 0 Å². The van der Waals surface area contributed by atoms with Crippen molar-refractivity contribution in [2.45, 2.75) is 31.9 Å². The second-order valence-electron chi connectivity index (χ2n) is 6.95. The minimum atomic E-state index is -0.733. The van der Waals surface area contributed by atoms with Crippen LogP contribution in [0.1, 0.15) is 40.0 Å². The van der Waals surface area contributed by atoms with E-state index < -0.39 is 11.8 Å². The summed E-state index contributed by atoms with van der Waals surface area (Å²) in [6.07, 6.45) is 0.915. The molecule has 2 N–H and O–H groups in total. The molecule has 162 valence electrons. The number of rotatable bonds is 6. The summed E-state index contributed by atoms with van der Waals surface area (Å²) in [7, 11) is 2.77. The number of amides is 1. The predicted octanol–water partition coefficient (Wildman–Crippen LogP) is 2.57. The van der Waals surface area contributed by atoms with E-state index in [0.29, 0.717) is 42.5 Å². The Morgan fingerprint density at radius 1 is 1.40 bits per heavy atom. The molecule has 8 nitrogen and oxygen atoms in total. The molecule has 0 unspecified atom stereocenters. The zero-order valence-electron chi connectivity index (χ0n) is 17.0. The predicted molar refractivity (Wildman–Crippen MR) is 110 cm³/mol. The molecule has 30 heavy (non-hydrogen) atoms. The normalized spacial score (nSPS) is 18.9. The quantitative estimate of drug-likeness (QED) is 0.673. The first kappa shape index (κ1) is 22.0. The van der Waals surface area contributed by atoms with E-state index in [1.807, 2.05) is 11.8 Å². The van der Waals surface area contributed by atoms with Crippen LogP contribution < -0.4 is 10.2 Å². The van der Waals surface area contributed by atoms with Crippen LogP contribution in [0.25, 0.3) is 0 Å². The molecule has 0 aliphatic carbocycles. The number of hydrogen-bond donors (Lipinski definition) is 2. The SMILES string of the molecule is CCc1[nH]c(C(=O)N[C@@H]2CCN(c3ccc(F)c(C(=O)OC)c3)C[C@@H]2OC)nc1Cl. The van der Waals surface area contributed by atoms with Gasteiger partial charge in [-0.05, 0) is 31.0 Å². The van der Waals surface area contributed by atoms with Gasteiger partial charge in [0.15, 0.2) is 11.0 Å². The number of nitrogens with zero attached hydrogens (tertiary/aromatic N) is 2. The zero-order chi connectivity index (χ0) is 21.8. The second kappa shape index (κ2) is 9.44. The molecule has 0 saturated carbocycles. The van der Waals surface area contributed by atoms with Gasteiger partial charge in [-0.2, -0.15) is 0 Å². The molecule has 1 amide bonds. The molecule has 1 saturated heterocycles. The average molecular weight is 439 g/mol. The summed E-state index contributed by atoms with van der Waals surface area (Å²) in [4.78, 5) is 33.3. The van der Waals surface area contributed by atoms with E-state index in [4.69, 9.17) is 16.3 Å². The smallest absolute Gasteiger partial charge is 0.340 e. The Labute approximate surface area is 178 Å². The number of carbonyl (C=O) groups is 2. The molecule has 1 aromatic carbocycles. The van der Waals surface area contributed by atoms with Gasteiger partial charge in [0.1, 0.15) is 5.82 Å². The molecule has 3 rings (SSSR count). The maximum absolute atomic E-state index is 13.9. The zero-order valence-corrected chi connectivity index (χ0v) is 17.8. The van der Waals surface area contributed by atoms with Gasteiger partial charge in [0.05, 0.1) is 30.5 Å². The molecule has 2 aromatic rings. The van der Waals surface area contributed by atoms with E-state index in [-0.39, 0.29) is 29.4 Å². The summed E-state index contributed by atoms with van der Waals surface area (Å²) in [5.74, 6) is -1.56. The van der Waals surface area contributed by atoms with Crippen LogP contribution in [0.15, 0.2) is 18.2 Å². The lowest BCUT2D eigenvalue weighted by atomic mass is 10.0. The number of carbonyl (C=O) groups excluding carboxylic acids is 2. The lowest BCUT2D eigenvalue weighted by Crippen LogP contribution is -2.55. The van der Waals surface area contributed by atoms with Crippen LogP contribution in [0.3, 0.4) is 0 Å². The van der Waals surface area contributed by atoms with Gasteiger partial charge < -0.3 is 24.7 Å². The summed E-state index contributed by atoms with van der Waals surface area (Å²) in [6, 6.07) is 4.06. The van der Waals surface area contributed by atoms with Crippen LogP contribution in [-0.2, 0) is 15.9 Å². The highest BCUT2D eigenvalue weighted by atomic mass is 35.5. The van der Waals surface area contributed by atoms with Gasteiger partial charge in [-0.1, -0.05) is 18.5 Å². The fraction of sp³-hybridized carbons (Fsp3) is 0.450. The minimum absolute atomic E-state index is 0.124. The van der Waals surface area contributed by atoms with Gasteiger partial charge in [0.25, 0.3) is 5.91 Å². The Balaban J connectivity index is 1.70. The third kappa shape index (κ3) is 4.57. The molecule has 1 aromatic heterocycles. The Bertz CT molecular complexity index is 936. The van der Waals surface area contributed by atoms with Crippen molar-refractivity contribution < 1.29 is 23.5 Å². The fourth-order valence-corrected chi connectivity index (χ4v) is 3.76. The number of hydrogen-bond acceptors (Lipinski definition) is 6. The Morgan fingerprint density at radius 2 is 2.17 bits per heavy atom. The molecule has 1 aliphatic rings. The van der Waals surface area contributed by atoms with Crippen LogP contribution >= 0.6 is 11.6 Å². The van der Waals surface area contributed by atoms with E-state index in [9.17, 15) is 14.0 Å².